The predicted molar refractivity (Wildman–Crippen MR) is 62.5 cm³/mol. The van der Waals surface area contributed by atoms with E-state index in [0.29, 0.717) is 11.5 Å². The van der Waals surface area contributed by atoms with Crippen molar-refractivity contribution in [2.45, 2.75) is 25.7 Å². The van der Waals surface area contributed by atoms with Gasteiger partial charge in [-0.15, -0.1) is 0 Å². The van der Waals surface area contributed by atoms with Gasteiger partial charge in [-0.1, -0.05) is 0 Å². The Morgan fingerprint density at radius 2 is 2.06 bits per heavy atom. The molecule has 0 bridgehead atoms. The van der Waals surface area contributed by atoms with E-state index in [1.165, 1.54) is 0 Å². The summed E-state index contributed by atoms with van der Waals surface area (Å²) in [6.07, 6.45) is 8.68. The Hall–Kier alpha value is -2.04. The molecule has 0 saturated heterocycles. The van der Waals surface area contributed by atoms with Crippen LogP contribution < -0.4 is 5.56 Å². The molecule has 5 nitrogen and oxygen atoms in total. The average molecular weight is 228 g/mol. The molecule has 0 amide bonds. The van der Waals surface area contributed by atoms with Gasteiger partial charge in [0.2, 0.25) is 0 Å². The van der Waals surface area contributed by atoms with Crippen molar-refractivity contribution in [1.82, 2.24) is 19.9 Å². The number of rotatable bonds is 1. The number of fused-ring (bicyclic) bond motifs is 1. The van der Waals surface area contributed by atoms with Crippen molar-refractivity contribution in [2.75, 3.05) is 0 Å². The Balaban J connectivity index is 2.14. The number of hydrogen-bond donors (Lipinski definition) is 1. The highest BCUT2D eigenvalue weighted by atomic mass is 16.1. The fourth-order valence-corrected chi connectivity index (χ4v) is 2.15. The zero-order valence-corrected chi connectivity index (χ0v) is 9.31. The molecule has 0 fully saturated rings. The van der Waals surface area contributed by atoms with E-state index in [4.69, 9.17) is 0 Å². The monoisotopic (exact) mass is 228 g/mol. The smallest absolute Gasteiger partial charge is 0.254 e. The van der Waals surface area contributed by atoms with Crippen LogP contribution >= 0.6 is 0 Å². The van der Waals surface area contributed by atoms with Crippen molar-refractivity contribution in [1.29, 1.82) is 0 Å². The SMILES string of the molecule is O=c1[nH]c(-c2cnccn2)nc2c1CCCC2. The van der Waals surface area contributed by atoms with Gasteiger partial charge < -0.3 is 4.98 Å². The summed E-state index contributed by atoms with van der Waals surface area (Å²) in [6.45, 7) is 0. The largest absolute Gasteiger partial charge is 0.305 e. The Bertz CT molecular complexity index is 591. The van der Waals surface area contributed by atoms with Crippen molar-refractivity contribution >= 4 is 0 Å². The van der Waals surface area contributed by atoms with Gasteiger partial charge in [-0.3, -0.25) is 9.78 Å². The van der Waals surface area contributed by atoms with E-state index < -0.39 is 0 Å². The molecule has 0 saturated carbocycles. The van der Waals surface area contributed by atoms with Gasteiger partial charge in [0.05, 0.1) is 11.9 Å². The lowest BCUT2D eigenvalue weighted by Crippen LogP contribution is -2.21. The first-order valence-electron chi connectivity index (χ1n) is 5.73. The number of nitrogens with one attached hydrogen (secondary N) is 1. The summed E-state index contributed by atoms with van der Waals surface area (Å²) in [5, 5.41) is 0. The number of H-pyrrole nitrogens is 1. The summed E-state index contributed by atoms with van der Waals surface area (Å²) < 4.78 is 0. The number of aromatic nitrogens is 4. The molecule has 2 aromatic heterocycles. The van der Waals surface area contributed by atoms with Crippen LogP contribution in [0.3, 0.4) is 0 Å². The lowest BCUT2D eigenvalue weighted by atomic mass is 9.97. The minimum Gasteiger partial charge on any atom is -0.305 e. The van der Waals surface area contributed by atoms with Crippen LogP contribution in [0.1, 0.15) is 24.1 Å². The molecule has 5 heteroatoms. The fraction of sp³-hybridized carbons (Fsp3) is 0.333. The van der Waals surface area contributed by atoms with Crippen molar-refractivity contribution in [3.8, 4) is 11.5 Å². The van der Waals surface area contributed by atoms with Crippen LogP contribution in [0.15, 0.2) is 23.4 Å². The minimum absolute atomic E-state index is 0.0321. The summed E-state index contributed by atoms with van der Waals surface area (Å²) in [5.74, 6) is 0.517. The molecule has 17 heavy (non-hydrogen) atoms. The molecular formula is C12H12N4O. The van der Waals surface area contributed by atoms with Gasteiger partial charge in [-0.25, -0.2) is 9.97 Å². The maximum absolute atomic E-state index is 11.9. The maximum atomic E-state index is 11.9. The van der Waals surface area contributed by atoms with Gasteiger partial charge in [0.1, 0.15) is 5.69 Å². The molecule has 0 unspecified atom stereocenters. The second-order valence-corrected chi connectivity index (χ2v) is 4.14. The Labute approximate surface area is 98.0 Å². The van der Waals surface area contributed by atoms with Gasteiger partial charge in [-0.2, -0.15) is 0 Å². The van der Waals surface area contributed by atoms with Crippen LogP contribution in [0.4, 0.5) is 0 Å². The molecule has 1 N–H and O–H groups in total. The topological polar surface area (TPSA) is 71.5 Å². The average Bonchev–Trinajstić information content (AvgIpc) is 2.40. The van der Waals surface area contributed by atoms with E-state index in [0.717, 1.165) is 36.9 Å². The molecule has 0 aromatic carbocycles. The second-order valence-electron chi connectivity index (χ2n) is 4.14. The van der Waals surface area contributed by atoms with E-state index in [-0.39, 0.29) is 5.56 Å². The van der Waals surface area contributed by atoms with Gasteiger partial charge in [-0.05, 0) is 25.7 Å². The molecule has 1 aliphatic carbocycles. The first kappa shape index (κ1) is 10.1. The summed E-state index contributed by atoms with van der Waals surface area (Å²) in [6, 6.07) is 0. The third-order valence-electron chi connectivity index (χ3n) is 3.00. The van der Waals surface area contributed by atoms with E-state index in [1.807, 2.05) is 0 Å². The van der Waals surface area contributed by atoms with Gasteiger partial charge in [0.25, 0.3) is 5.56 Å². The van der Waals surface area contributed by atoms with Crippen LogP contribution in [-0.4, -0.2) is 19.9 Å². The Morgan fingerprint density at radius 3 is 2.88 bits per heavy atom. The quantitative estimate of drug-likeness (QED) is 0.793. The molecule has 3 rings (SSSR count). The Morgan fingerprint density at radius 1 is 1.18 bits per heavy atom. The molecule has 2 heterocycles. The number of nitrogens with zero attached hydrogens (tertiary/aromatic N) is 3. The molecule has 0 spiro atoms. The van der Waals surface area contributed by atoms with Gasteiger partial charge >= 0.3 is 0 Å². The summed E-state index contributed by atoms with van der Waals surface area (Å²) >= 11 is 0. The third-order valence-corrected chi connectivity index (χ3v) is 3.00. The van der Waals surface area contributed by atoms with E-state index in [2.05, 4.69) is 19.9 Å². The summed E-state index contributed by atoms with van der Waals surface area (Å²) in [4.78, 5) is 27.3. The van der Waals surface area contributed by atoms with Gasteiger partial charge in [0.15, 0.2) is 5.82 Å². The maximum Gasteiger partial charge on any atom is 0.254 e. The van der Waals surface area contributed by atoms with Crippen LogP contribution in [0, 0.1) is 0 Å². The van der Waals surface area contributed by atoms with Crippen LogP contribution in [0.25, 0.3) is 11.5 Å². The van der Waals surface area contributed by atoms with Crippen LogP contribution in [0.2, 0.25) is 0 Å². The lowest BCUT2D eigenvalue weighted by Gasteiger charge is -2.14. The molecule has 0 radical (unpaired) electrons. The molecule has 86 valence electrons. The van der Waals surface area contributed by atoms with Crippen molar-refractivity contribution in [3.05, 3.63) is 40.2 Å². The third kappa shape index (κ3) is 1.84. The standard InChI is InChI=1S/C12H12N4O/c17-12-8-3-1-2-4-9(8)15-11(16-12)10-7-13-5-6-14-10/h5-7H,1-4H2,(H,15,16,17). The molecule has 2 aromatic rings. The zero-order chi connectivity index (χ0) is 11.7. The summed E-state index contributed by atoms with van der Waals surface area (Å²) in [5.41, 5.74) is 2.33. The first-order valence-corrected chi connectivity index (χ1v) is 5.73. The first-order chi connectivity index (χ1) is 8.34. The van der Waals surface area contributed by atoms with Crippen LogP contribution in [0.5, 0.6) is 0 Å². The Kier molecular flexibility index (Phi) is 2.44. The van der Waals surface area contributed by atoms with E-state index in [1.54, 1.807) is 18.6 Å². The number of hydrogen-bond acceptors (Lipinski definition) is 4. The van der Waals surface area contributed by atoms with E-state index >= 15 is 0 Å². The van der Waals surface area contributed by atoms with Crippen LogP contribution in [-0.2, 0) is 12.8 Å². The molecule has 1 aliphatic rings. The molecule has 0 aliphatic heterocycles. The predicted octanol–water partition coefficient (Wildman–Crippen LogP) is 1.11. The van der Waals surface area contributed by atoms with E-state index in [9.17, 15) is 4.79 Å². The summed E-state index contributed by atoms with van der Waals surface area (Å²) in [7, 11) is 0. The highest BCUT2D eigenvalue weighted by Crippen LogP contribution is 2.18. The number of aryl methyl sites for hydroxylation is 1. The van der Waals surface area contributed by atoms with Crippen molar-refractivity contribution < 1.29 is 0 Å². The minimum atomic E-state index is -0.0321. The molecule has 0 atom stereocenters. The molecular weight excluding hydrogens is 216 g/mol. The second kappa shape index (κ2) is 4.08. The van der Waals surface area contributed by atoms with Crippen molar-refractivity contribution in [2.24, 2.45) is 0 Å². The van der Waals surface area contributed by atoms with Crippen molar-refractivity contribution in [3.63, 3.8) is 0 Å². The van der Waals surface area contributed by atoms with Gasteiger partial charge in [0, 0.05) is 18.0 Å². The normalized spacial score (nSPS) is 14.4. The highest BCUT2D eigenvalue weighted by molar-refractivity contribution is 5.47. The fourth-order valence-electron chi connectivity index (χ4n) is 2.15. The lowest BCUT2D eigenvalue weighted by molar-refractivity contribution is 0.657. The highest BCUT2D eigenvalue weighted by Gasteiger charge is 2.16. The number of aromatic amines is 1. The zero-order valence-electron chi connectivity index (χ0n) is 9.31.